The van der Waals surface area contributed by atoms with Crippen molar-refractivity contribution in [1.29, 1.82) is 0 Å². The predicted molar refractivity (Wildman–Crippen MR) is 93.1 cm³/mol. The quantitative estimate of drug-likeness (QED) is 0.828. The van der Waals surface area contributed by atoms with Crippen LogP contribution in [-0.2, 0) is 16.4 Å². The number of likely N-dealkylation sites (tertiary alicyclic amines) is 1. The van der Waals surface area contributed by atoms with Gasteiger partial charge in [-0.2, -0.15) is 0 Å². The van der Waals surface area contributed by atoms with E-state index in [1.165, 1.54) is 6.26 Å². The van der Waals surface area contributed by atoms with Gasteiger partial charge in [0.05, 0.1) is 10.6 Å². The van der Waals surface area contributed by atoms with E-state index in [0.717, 1.165) is 48.7 Å². The fraction of sp³-hybridized carbons (Fsp3) is 0.500. The zero-order valence-electron chi connectivity index (χ0n) is 13.2. The van der Waals surface area contributed by atoms with Crippen LogP contribution in [0.3, 0.4) is 0 Å². The lowest BCUT2D eigenvalue weighted by molar-refractivity contribution is 0.177. The van der Waals surface area contributed by atoms with E-state index in [9.17, 15) is 8.42 Å². The molecule has 0 amide bonds. The molecule has 0 aliphatic carbocycles. The average Bonchev–Trinajstić information content (AvgIpc) is 3.01. The van der Waals surface area contributed by atoms with Crippen molar-refractivity contribution in [2.24, 2.45) is 5.92 Å². The number of thiophene rings is 1. The summed E-state index contributed by atoms with van der Waals surface area (Å²) in [6, 6.07) is 4.01. The molecule has 2 aromatic heterocycles. The van der Waals surface area contributed by atoms with Crippen molar-refractivity contribution in [3.8, 4) is 10.7 Å². The molecule has 1 fully saturated rings. The van der Waals surface area contributed by atoms with Gasteiger partial charge in [-0.1, -0.05) is 6.07 Å². The van der Waals surface area contributed by atoms with Gasteiger partial charge < -0.3 is 0 Å². The molecule has 3 rings (SSSR count). The molecule has 23 heavy (non-hydrogen) atoms. The summed E-state index contributed by atoms with van der Waals surface area (Å²) in [4.78, 5) is 12.3. The number of hydrogen-bond donors (Lipinski definition) is 0. The lowest BCUT2D eigenvalue weighted by Crippen LogP contribution is -2.37. The van der Waals surface area contributed by atoms with Crippen LogP contribution in [0.2, 0.25) is 0 Å². The molecular formula is C16H21N3O2S2. The van der Waals surface area contributed by atoms with Crippen LogP contribution in [-0.4, -0.2) is 48.4 Å². The first-order valence-electron chi connectivity index (χ1n) is 7.74. The van der Waals surface area contributed by atoms with Gasteiger partial charge >= 0.3 is 0 Å². The smallest absolute Gasteiger partial charge is 0.169 e. The fourth-order valence-electron chi connectivity index (χ4n) is 3.09. The van der Waals surface area contributed by atoms with Crippen LogP contribution in [0.25, 0.3) is 10.7 Å². The first-order chi connectivity index (χ1) is 11.0. The molecule has 124 valence electrons. The highest BCUT2D eigenvalue weighted by Gasteiger charge is 2.23. The maximum Gasteiger partial charge on any atom is 0.169 e. The summed E-state index contributed by atoms with van der Waals surface area (Å²) in [5.74, 6) is 1.29. The second-order valence-electron chi connectivity index (χ2n) is 6.23. The van der Waals surface area contributed by atoms with Gasteiger partial charge in [0.1, 0.15) is 9.84 Å². The second-order valence-corrected chi connectivity index (χ2v) is 9.36. The lowest BCUT2D eigenvalue weighted by atomic mass is 10.00. The number of hydrogen-bond acceptors (Lipinski definition) is 6. The maximum atomic E-state index is 11.5. The largest absolute Gasteiger partial charge is 0.299 e. The van der Waals surface area contributed by atoms with Gasteiger partial charge in [0.15, 0.2) is 5.82 Å². The molecule has 0 unspecified atom stereocenters. The van der Waals surface area contributed by atoms with Crippen molar-refractivity contribution in [1.82, 2.24) is 14.9 Å². The van der Waals surface area contributed by atoms with E-state index in [1.54, 1.807) is 11.3 Å². The van der Waals surface area contributed by atoms with Crippen LogP contribution in [0.5, 0.6) is 0 Å². The van der Waals surface area contributed by atoms with E-state index in [4.69, 9.17) is 0 Å². The highest BCUT2D eigenvalue weighted by atomic mass is 32.2. The van der Waals surface area contributed by atoms with Gasteiger partial charge in [-0.15, -0.1) is 11.3 Å². The minimum absolute atomic E-state index is 0.241. The summed E-state index contributed by atoms with van der Waals surface area (Å²) in [6.45, 7) is 2.62. The van der Waals surface area contributed by atoms with Crippen molar-refractivity contribution in [2.45, 2.75) is 19.4 Å². The molecule has 1 aliphatic rings. The molecule has 3 heterocycles. The Labute approximate surface area is 141 Å². The Morgan fingerprint density at radius 1 is 1.35 bits per heavy atom. The molecule has 2 aromatic rings. The lowest BCUT2D eigenvalue weighted by Gasteiger charge is -2.32. The van der Waals surface area contributed by atoms with Crippen LogP contribution >= 0.6 is 11.3 Å². The standard InChI is InChI=1S/C16H21N3O2S2/c1-23(20,21)12-13-4-2-6-19(10-13)11-14-8-17-16(18-9-14)15-5-3-7-22-15/h3,5,7-9,13H,2,4,6,10-12H2,1H3/t13-/m1/s1. The average molecular weight is 351 g/mol. The number of sulfone groups is 1. The van der Waals surface area contributed by atoms with Crippen LogP contribution in [0.1, 0.15) is 18.4 Å². The highest BCUT2D eigenvalue weighted by molar-refractivity contribution is 7.90. The first-order valence-corrected chi connectivity index (χ1v) is 10.7. The minimum Gasteiger partial charge on any atom is -0.299 e. The molecule has 0 aromatic carbocycles. The second kappa shape index (κ2) is 7.07. The topological polar surface area (TPSA) is 63.2 Å². The zero-order valence-corrected chi connectivity index (χ0v) is 14.8. The van der Waals surface area contributed by atoms with Crippen molar-refractivity contribution in [3.63, 3.8) is 0 Å². The van der Waals surface area contributed by atoms with E-state index < -0.39 is 9.84 Å². The first kappa shape index (κ1) is 16.5. The molecule has 1 aliphatic heterocycles. The summed E-state index contributed by atoms with van der Waals surface area (Å²) >= 11 is 1.63. The highest BCUT2D eigenvalue weighted by Crippen LogP contribution is 2.22. The molecule has 0 radical (unpaired) electrons. The third-order valence-electron chi connectivity index (χ3n) is 3.99. The minimum atomic E-state index is -2.90. The van der Waals surface area contributed by atoms with Crippen molar-refractivity contribution in [3.05, 3.63) is 35.5 Å². The van der Waals surface area contributed by atoms with E-state index in [1.807, 2.05) is 29.9 Å². The van der Waals surface area contributed by atoms with Crippen LogP contribution < -0.4 is 0 Å². The van der Waals surface area contributed by atoms with Crippen molar-refractivity contribution >= 4 is 21.2 Å². The molecule has 0 bridgehead atoms. The molecule has 7 heteroatoms. The molecule has 1 saturated heterocycles. The fourth-order valence-corrected chi connectivity index (χ4v) is 4.89. The summed E-state index contributed by atoms with van der Waals surface area (Å²) in [5.41, 5.74) is 1.07. The third kappa shape index (κ3) is 4.83. The van der Waals surface area contributed by atoms with E-state index in [-0.39, 0.29) is 11.7 Å². The Hall–Kier alpha value is -1.31. The van der Waals surface area contributed by atoms with Gasteiger partial charge in [-0.25, -0.2) is 18.4 Å². The molecule has 0 N–H and O–H groups in total. The van der Waals surface area contributed by atoms with E-state index in [0.29, 0.717) is 0 Å². The molecule has 0 saturated carbocycles. The Morgan fingerprint density at radius 2 is 2.13 bits per heavy atom. The van der Waals surface area contributed by atoms with Crippen molar-refractivity contribution in [2.75, 3.05) is 25.1 Å². The van der Waals surface area contributed by atoms with E-state index >= 15 is 0 Å². The summed E-state index contributed by atoms with van der Waals surface area (Å²) < 4.78 is 23.0. The Balaban J connectivity index is 1.60. The SMILES string of the molecule is CS(=O)(=O)C[C@@H]1CCCN(Cc2cnc(-c3cccs3)nc2)C1. The number of aromatic nitrogens is 2. The Morgan fingerprint density at radius 3 is 2.78 bits per heavy atom. The molecule has 0 spiro atoms. The number of nitrogens with zero attached hydrogens (tertiary/aromatic N) is 3. The summed E-state index contributed by atoms with van der Waals surface area (Å²) in [6.07, 6.45) is 7.12. The predicted octanol–water partition coefficient (Wildman–Crippen LogP) is 2.46. The zero-order chi connectivity index (χ0) is 16.3. The van der Waals surface area contributed by atoms with Crippen molar-refractivity contribution < 1.29 is 8.42 Å². The van der Waals surface area contributed by atoms with Gasteiger partial charge in [-0.05, 0) is 36.8 Å². The van der Waals surface area contributed by atoms with Crippen LogP contribution in [0.15, 0.2) is 29.9 Å². The Bertz CT molecular complexity index is 727. The summed E-state index contributed by atoms with van der Waals surface area (Å²) in [7, 11) is -2.90. The van der Waals surface area contributed by atoms with Gasteiger partial charge in [-0.3, -0.25) is 4.90 Å². The van der Waals surface area contributed by atoms with Gasteiger partial charge in [0, 0.05) is 37.3 Å². The molecule has 1 atom stereocenters. The maximum absolute atomic E-state index is 11.5. The van der Waals surface area contributed by atoms with Gasteiger partial charge in [0.25, 0.3) is 0 Å². The molecule has 5 nitrogen and oxygen atoms in total. The molecular weight excluding hydrogens is 330 g/mol. The number of piperidine rings is 1. The summed E-state index contributed by atoms with van der Waals surface area (Å²) in [5, 5.41) is 2.02. The Kier molecular flexibility index (Phi) is 5.08. The number of rotatable bonds is 5. The third-order valence-corrected chi connectivity index (χ3v) is 5.94. The van der Waals surface area contributed by atoms with Gasteiger partial charge in [0.2, 0.25) is 0 Å². The van der Waals surface area contributed by atoms with E-state index in [2.05, 4.69) is 14.9 Å². The monoisotopic (exact) mass is 351 g/mol. The van der Waals surface area contributed by atoms with Crippen LogP contribution in [0, 0.1) is 5.92 Å². The van der Waals surface area contributed by atoms with Crippen LogP contribution in [0.4, 0.5) is 0 Å². The normalized spacial score (nSPS) is 19.8.